The van der Waals surface area contributed by atoms with Gasteiger partial charge in [-0.15, -0.1) is 12.4 Å². The standard InChI is InChI=1S/C14H15F4NO3.ClH/c1-13(2)7-21-12(20)19-10(13)8-4-3-5-9(6-8)22-14(17,18)11(15)16;/h3-6,10-11H,7H2,1-2H3,(H,19,20);1H/t10-;/m1./s1. The molecular formula is C14H16ClF4NO3. The Labute approximate surface area is 136 Å². The largest absolute Gasteiger partial charge is 0.461 e. The van der Waals surface area contributed by atoms with Crippen LogP contribution in [0.5, 0.6) is 5.75 Å². The molecule has 1 amide bonds. The fourth-order valence-corrected chi connectivity index (χ4v) is 2.18. The highest BCUT2D eigenvalue weighted by Gasteiger charge is 2.44. The van der Waals surface area contributed by atoms with Crippen molar-refractivity contribution in [2.75, 3.05) is 6.61 Å². The van der Waals surface area contributed by atoms with Gasteiger partial charge in [-0.25, -0.2) is 4.79 Å². The highest BCUT2D eigenvalue weighted by molar-refractivity contribution is 5.85. The summed E-state index contributed by atoms with van der Waals surface area (Å²) in [7, 11) is 0. The third-order valence-electron chi connectivity index (χ3n) is 3.32. The highest BCUT2D eigenvalue weighted by Crippen LogP contribution is 2.38. The molecule has 0 aliphatic carbocycles. The van der Waals surface area contributed by atoms with Crippen molar-refractivity contribution in [3.8, 4) is 5.75 Å². The first-order chi connectivity index (χ1) is 10.1. The number of hydrogen-bond acceptors (Lipinski definition) is 3. The van der Waals surface area contributed by atoms with Crippen LogP contribution in [-0.2, 0) is 4.74 Å². The van der Waals surface area contributed by atoms with Gasteiger partial charge in [-0.3, -0.25) is 0 Å². The number of alkyl halides is 4. The zero-order chi connectivity index (χ0) is 16.5. The summed E-state index contributed by atoms with van der Waals surface area (Å²) in [5.74, 6) is -0.403. The van der Waals surface area contributed by atoms with Crippen molar-refractivity contribution in [2.45, 2.75) is 32.4 Å². The van der Waals surface area contributed by atoms with Crippen LogP contribution in [0.2, 0.25) is 0 Å². The number of halogens is 5. The molecule has 0 unspecified atom stereocenters. The lowest BCUT2D eigenvalue weighted by Gasteiger charge is -2.38. The maximum Gasteiger partial charge on any atom is 0.461 e. The van der Waals surface area contributed by atoms with Gasteiger partial charge in [-0.05, 0) is 17.7 Å². The minimum absolute atomic E-state index is 0. The van der Waals surface area contributed by atoms with Crippen LogP contribution in [0.4, 0.5) is 22.4 Å². The molecule has 0 aromatic heterocycles. The van der Waals surface area contributed by atoms with Crippen molar-refractivity contribution < 1.29 is 31.8 Å². The molecule has 0 saturated carbocycles. The summed E-state index contributed by atoms with van der Waals surface area (Å²) < 4.78 is 59.2. The summed E-state index contributed by atoms with van der Waals surface area (Å²) in [6, 6.07) is 4.81. The number of cyclic esters (lactones) is 1. The lowest BCUT2D eigenvalue weighted by atomic mass is 9.80. The van der Waals surface area contributed by atoms with Gasteiger partial charge in [-0.1, -0.05) is 26.0 Å². The number of nitrogens with one attached hydrogen (secondary N) is 1. The second-order valence-corrected chi connectivity index (χ2v) is 5.68. The molecule has 9 heteroatoms. The summed E-state index contributed by atoms with van der Waals surface area (Å²) in [4.78, 5) is 11.4. The Hall–Kier alpha value is -1.70. The zero-order valence-corrected chi connectivity index (χ0v) is 13.1. The van der Waals surface area contributed by atoms with Gasteiger partial charge in [0.25, 0.3) is 0 Å². The molecule has 1 aliphatic rings. The van der Waals surface area contributed by atoms with E-state index in [4.69, 9.17) is 4.74 Å². The maximum atomic E-state index is 13.0. The molecule has 1 aliphatic heterocycles. The molecule has 1 fully saturated rings. The second kappa shape index (κ2) is 6.82. The zero-order valence-electron chi connectivity index (χ0n) is 12.3. The number of alkyl carbamates (subject to hydrolysis) is 1. The summed E-state index contributed by atoms with van der Waals surface area (Å²) in [5, 5.41) is 2.58. The van der Waals surface area contributed by atoms with E-state index in [0.717, 1.165) is 6.07 Å². The number of amides is 1. The van der Waals surface area contributed by atoms with Crippen LogP contribution in [0.25, 0.3) is 0 Å². The lowest BCUT2D eigenvalue weighted by Crippen LogP contribution is -2.46. The summed E-state index contributed by atoms with van der Waals surface area (Å²) >= 11 is 0. The molecule has 1 aromatic carbocycles. The van der Waals surface area contributed by atoms with Gasteiger partial charge in [0.15, 0.2) is 0 Å². The van der Waals surface area contributed by atoms with Gasteiger partial charge < -0.3 is 14.8 Å². The van der Waals surface area contributed by atoms with E-state index in [9.17, 15) is 22.4 Å². The van der Waals surface area contributed by atoms with Crippen LogP contribution in [0.3, 0.4) is 0 Å². The molecule has 1 N–H and O–H groups in total. The molecule has 0 radical (unpaired) electrons. The van der Waals surface area contributed by atoms with Gasteiger partial charge >= 0.3 is 18.6 Å². The fraction of sp³-hybridized carbons (Fsp3) is 0.500. The van der Waals surface area contributed by atoms with Gasteiger partial charge in [0.2, 0.25) is 0 Å². The quantitative estimate of drug-likeness (QED) is 0.823. The van der Waals surface area contributed by atoms with Crippen molar-refractivity contribution in [1.29, 1.82) is 0 Å². The van der Waals surface area contributed by atoms with Gasteiger partial charge in [-0.2, -0.15) is 17.6 Å². The first kappa shape index (κ1) is 19.3. The van der Waals surface area contributed by atoms with Crippen molar-refractivity contribution in [3.05, 3.63) is 29.8 Å². The van der Waals surface area contributed by atoms with Crippen molar-refractivity contribution in [1.82, 2.24) is 5.32 Å². The van der Waals surface area contributed by atoms with Crippen LogP contribution >= 0.6 is 12.4 Å². The molecule has 1 aromatic rings. The molecule has 130 valence electrons. The monoisotopic (exact) mass is 357 g/mol. The fourth-order valence-electron chi connectivity index (χ4n) is 2.18. The molecular weight excluding hydrogens is 342 g/mol. The smallest absolute Gasteiger partial charge is 0.449 e. The average molecular weight is 358 g/mol. The number of carbonyl (C=O) groups excluding carboxylic acids is 1. The Kier molecular flexibility index (Phi) is 5.74. The predicted molar refractivity (Wildman–Crippen MR) is 76.3 cm³/mol. The van der Waals surface area contributed by atoms with E-state index in [-0.39, 0.29) is 19.0 Å². The number of benzene rings is 1. The molecule has 1 heterocycles. The van der Waals surface area contributed by atoms with Crippen molar-refractivity contribution in [3.63, 3.8) is 0 Å². The van der Waals surface area contributed by atoms with Crippen LogP contribution in [0, 0.1) is 5.41 Å². The van der Waals surface area contributed by atoms with Crippen molar-refractivity contribution >= 4 is 18.5 Å². The number of rotatable bonds is 4. The van der Waals surface area contributed by atoms with E-state index in [2.05, 4.69) is 10.1 Å². The van der Waals surface area contributed by atoms with E-state index in [1.54, 1.807) is 6.07 Å². The number of ether oxygens (including phenoxy) is 2. The Morgan fingerprint density at radius 1 is 1.39 bits per heavy atom. The Morgan fingerprint density at radius 3 is 2.65 bits per heavy atom. The Bertz CT molecular complexity index is 569. The first-order valence-electron chi connectivity index (χ1n) is 6.50. The van der Waals surface area contributed by atoms with E-state index in [0.29, 0.717) is 5.56 Å². The minimum atomic E-state index is -4.58. The highest BCUT2D eigenvalue weighted by atomic mass is 35.5. The van der Waals surface area contributed by atoms with Crippen LogP contribution < -0.4 is 10.1 Å². The molecule has 4 nitrogen and oxygen atoms in total. The summed E-state index contributed by atoms with van der Waals surface area (Å²) in [6.45, 7) is 3.78. The van der Waals surface area contributed by atoms with E-state index < -0.39 is 35.8 Å². The van der Waals surface area contributed by atoms with Crippen molar-refractivity contribution in [2.24, 2.45) is 5.41 Å². The molecule has 0 bridgehead atoms. The molecule has 2 rings (SSSR count). The summed E-state index contributed by atoms with van der Waals surface area (Å²) in [5.41, 5.74) is -0.0400. The van der Waals surface area contributed by atoms with E-state index in [1.165, 1.54) is 12.1 Å². The van der Waals surface area contributed by atoms with Crippen LogP contribution in [0.1, 0.15) is 25.5 Å². The van der Waals surface area contributed by atoms with Crippen LogP contribution in [-0.4, -0.2) is 25.2 Å². The molecule has 1 atom stereocenters. The lowest BCUT2D eigenvalue weighted by molar-refractivity contribution is -0.253. The Balaban J connectivity index is 0.00000264. The van der Waals surface area contributed by atoms with Gasteiger partial charge in [0, 0.05) is 5.41 Å². The summed E-state index contributed by atoms with van der Waals surface area (Å²) in [6.07, 6.45) is -9.14. The topological polar surface area (TPSA) is 47.6 Å². The van der Waals surface area contributed by atoms with Gasteiger partial charge in [0.05, 0.1) is 6.04 Å². The minimum Gasteiger partial charge on any atom is -0.449 e. The third kappa shape index (κ3) is 4.40. The molecule has 1 saturated heterocycles. The van der Waals surface area contributed by atoms with Gasteiger partial charge in [0.1, 0.15) is 12.4 Å². The predicted octanol–water partition coefficient (Wildman–Crippen LogP) is 4.15. The number of carbonyl (C=O) groups is 1. The maximum absolute atomic E-state index is 13.0. The third-order valence-corrected chi connectivity index (χ3v) is 3.32. The average Bonchev–Trinajstić information content (AvgIpc) is 2.41. The SMILES string of the molecule is CC1(C)COC(=O)N[C@@H]1c1cccc(OC(F)(F)C(F)F)c1.Cl. The molecule has 23 heavy (non-hydrogen) atoms. The van der Waals surface area contributed by atoms with E-state index in [1.807, 2.05) is 13.8 Å². The first-order valence-corrected chi connectivity index (χ1v) is 6.50. The van der Waals surface area contributed by atoms with Crippen LogP contribution in [0.15, 0.2) is 24.3 Å². The number of hydrogen-bond donors (Lipinski definition) is 1. The normalized spacial score (nSPS) is 20.3. The Morgan fingerprint density at radius 2 is 2.04 bits per heavy atom. The molecule has 0 spiro atoms. The van der Waals surface area contributed by atoms with E-state index >= 15 is 0 Å². The second-order valence-electron chi connectivity index (χ2n) is 5.68.